The van der Waals surface area contributed by atoms with E-state index in [-0.39, 0.29) is 11.2 Å². The van der Waals surface area contributed by atoms with Crippen molar-refractivity contribution in [3.05, 3.63) is 16.7 Å². The Balaban J connectivity index is 2.19. The fourth-order valence-corrected chi connectivity index (χ4v) is 2.49. The Bertz CT molecular complexity index is 470. The lowest BCUT2D eigenvalue weighted by Crippen LogP contribution is -2.48. The minimum Gasteiger partial charge on any atom is -0.391 e. The second kappa shape index (κ2) is 6.06. The maximum Gasteiger partial charge on any atom is 0.276 e. The molecule has 1 unspecified atom stereocenters. The molecule has 6 heteroatoms. The van der Waals surface area contributed by atoms with Gasteiger partial charge in [-0.15, -0.1) is 0 Å². The first kappa shape index (κ1) is 13.9. The molecule has 0 spiro atoms. The average Bonchev–Trinajstić information content (AvgIpc) is 2.40. The van der Waals surface area contributed by atoms with Crippen LogP contribution in [0, 0.1) is 0 Å². The SMILES string of the molecule is CC(C)NCC1CCCCN1c1nc[nH]c(=O)c1N. The summed E-state index contributed by atoms with van der Waals surface area (Å²) in [6, 6.07) is 0.806. The van der Waals surface area contributed by atoms with E-state index in [4.69, 9.17) is 5.73 Å². The van der Waals surface area contributed by atoms with Crippen molar-refractivity contribution in [2.75, 3.05) is 23.7 Å². The minimum absolute atomic E-state index is 0.221. The number of nitrogens with two attached hydrogens (primary N) is 1. The zero-order chi connectivity index (χ0) is 13.8. The Morgan fingerprint density at radius 1 is 1.58 bits per heavy atom. The number of aromatic amines is 1. The number of H-pyrrole nitrogens is 1. The van der Waals surface area contributed by atoms with E-state index in [0.29, 0.717) is 17.9 Å². The van der Waals surface area contributed by atoms with E-state index in [1.165, 1.54) is 12.7 Å². The smallest absolute Gasteiger partial charge is 0.276 e. The van der Waals surface area contributed by atoms with Gasteiger partial charge in [-0.2, -0.15) is 0 Å². The van der Waals surface area contributed by atoms with E-state index in [1.807, 2.05) is 0 Å². The van der Waals surface area contributed by atoms with Crippen LogP contribution >= 0.6 is 0 Å². The van der Waals surface area contributed by atoms with Gasteiger partial charge in [-0.1, -0.05) is 13.8 Å². The van der Waals surface area contributed by atoms with E-state index < -0.39 is 0 Å². The molecule has 2 heterocycles. The lowest BCUT2D eigenvalue weighted by Gasteiger charge is -2.37. The molecule has 0 bridgehead atoms. The molecule has 1 aromatic heterocycles. The number of aromatic nitrogens is 2. The van der Waals surface area contributed by atoms with Crippen molar-refractivity contribution in [3.63, 3.8) is 0 Å². The lowest BCUT2D eigenvalue weighted by atomic mass is 10.0. The minimum atomic E-state index is -0.258. The second-order valence-electron chi connectivity index (χ2n) is 5.37. The molecule has 2 rings (SSSR count). The lowest BCUT2D eigenvalue weighted by molar-refractivity contribution is 0.419. The molecule has 0 aliphatic carbocycles. The fraction of sp³-hybridized carbons (Fsp3) is 0.692. The van der Waals surface area contributed by atoms with Crippen LogP contribution < -0.4 is 21.5 Å². The molecule has 1 aliphatic heterocycles. The summed E-state index contributed by atoms with van der Waals surface area (Å²) in [5.41, 5.74) is 5.83. The molecule has 0 saturated carbocycles. The van der Waals surface area contributed by atoms with Gasteiger partial charge in [0, 0.05) is 25.2 Å². The van der Waals surface area contributed by atoms with Gasteiger partial charge >= 0.3 is 0 Å². The third kappa shape index (κ3) is 3.26. The zero-order valence-electron chi connectivity index (χ0n) is 11.6. The van der Waals surface area contributed by atoms with E-state index in [1.54, 1.807) is 0 Å². The van der Waals surface area contributed by atoms with Gasteiger partial charge in [0.25, 0.3) is 5.56 Å². The van der Waals surface area contributed by atoms with Crippen LogP contribution in [0.5, 0.6) is 0 Å². The number of nitrogens with one attached hydrogen (secondary N) is 2. The standard InChI is InChI=1S/C13H23N5O/c1-9(2)15-7-10-5-3-4-6-18(10)12-11(14)13(19)17-8-16-12/h8-10,15H,3-7,14H2,1-2H3,(H,16,17,19). The predicted molar refractivity (Wildman–Crippen MR) is 77.4 cm³/mol. The number of hydrogen-bond donors (Lipinski definition) is 3. The molecular formula is C13H23N5O. The highest BCUT2D eigenvalue weighted by Crippen LogP contribution is 2.25. The van der Waals surface area contributed by atoms with Crippen LogP contribution in [0.15, 0.2) is 11.1 Å². The summed E-state index contributed by atoms with van der Waals surface area (Å²) in [6.45, 7) is 6.07. The summed E-state index contributed by atoms with van der Waals surface area (Å²) in [7, 11) is 0. The van der Waals surface area contributed by atoms with Gasteiger partial charge in [-0.3, -0.25) is 4.79 Å². The van der Waals surface area contributed by atoms with E-state index in [9.17, 15) is 4.79 Å². The van der Waals surface area contributed by atoms with Crippen LogP contribution in [0.2, 0.25) is 0 Å². The van der Waals surface area contributed by atoms with Crippen LogP contribution in [-0.2, 0) is 0 Å². The van der Waals surface area contributed by atoms with Crippen molar-refractivity contribution < 1.29 is 0 Å². The van der Waals surface area contributed by atoms with Gasteiger partial charge in [-0.25, -0.2) is 4.98 Å². The zero-order valence-corrected chi connectivity index (χ0v) is 11.6. The molecule has 106 valence electrons. The number of anilines is 2. The molecule has 4 N–H and O–H groups in total. The maximum absolute atomic E-state index is 11.6. The van der Waals surface area contributed by atoms with Crippen molar-refractivity contribution in [2.45, 2.75) is 45.2 Å². The number of hydrogen-bond acceptors (Lipinski definition) is 5. The first-order chi connectivity index (χ1) is 9.09. The number of piperidine rings is 1. The molecule has 1 atom stereocenters. The number of nitrogen functional groups attached to an aromatic ring is 1. The Morgan fingerprint density at radius 3 is 3.11 bits per heavy atom. The summed E-state index contributed by atoms with van der Waals surface area (Å²) in [6.07, 6.45) is 4.86. The largest absolute Gasteiger partial charge is 0.391 e. The topological polar surface area (TPSA) is 87.0 Å². The van der Waals surface area contributed by atoms with Gasteiger partial charge in [0.15, 0.2) is 5.82 Å². The molecule has 19 heavy (non-hydrogen) atoms. The van der Waals surface area contributed by atoms with Crippen LogP contribution in [0.1, 0.15) is 33.1 Å². The first-order valence-electron chi connectivity index (χ1n) is 6.92. The van der Waals surface area contributed by atoms with Crippen LogP contribution in [0.3, 0.4) is 0 Å². The third-order valence-electron chi connectivity index (χ3n) is 3.53. The summed E-state index contributed by atoms with van der Waals surface area (Å²) in [5.74, 6) is 0.624. The molecule has 1 aliphatic rings. The van der Waals surface area contributed by atoms with Crippen molar-refractivity contribution in [1.82, 2.24) is 15.3 Å². The Kier molecular flexibility index (Phi) is 4.42. The van der Waals surface area contributed by atoms with Crippen LogP contribution in [-0.4, -0.2) is 35.1 Å². The molecule has 0 radical (unpaired) electrons. The second-order valence-corrected chi connectivity index (χ2v) is 5.37. The Morgan fingerprint density at radius 2 is 2.37 bits per heavy atom. The third-order valence-corrected chi connectivity index (χ3v) is 3.53. The summed E-state index contributed by atoms with van der Waals surface area (Å²) < 4.78 is 0. The molecule has 1 aromatic rings. The average molecular weight is 265 g/mol. The van der Waals surface area contributed by atoms with E-state index in [2.05, 4.69) is 34.0 Å². The maximum atomic E-state index is 11.6. The molecule has 0 aromatic carbocycles. The first-order valence-corrected chi connectivity index (χ1v) is 6.92. The van der Waals surface area contributed by atoms with Crippen molar-refractivity contribution in [2.24, 2.45) is 0 Å². The van der Waals surface area contributed by atoms with Gasteiger partial charge < -0.3 is 20.9 Å². The van der Waals surface area contributed by atoms with Crippen molar-refractivity contribution in [3.8, 4) is 0 Å². The van der Waals surface area contributed by atoms with Crippen molar-refractivity contribution in [1.29, 1.82) is 0 Å². The van der Waals surface area contributed by atoms with Gasteiger partial charge in [-0.05, 0) is 19.3 Å². The highest BCUT2D eigenvalue weighted by atomic mass is 16.1. The Labute approximate surface area is 113 Å². The van der Waals surface area contributed by atoms with Crippen LogP contribution in [0.4, 0.5) is 11.5 Å². The fourth-order valence-electron chi connectivity index (χ4n) is 2.49. The Hall–Kier alpha value is -1.56. The van der Waals surface area contributed by atoms with Crippen molar-refractivity contribution >= 4 is 11.5 Å². The predicted octanol–water partition coefficient (Wildman–Crippen LogP) is 0.709. The molecule has 1 saturated heterocycles. The van der Waals surface area contributed by atoms with E-state index in [0.717, 1.165) is 25.9 Å². The number of nitrogens with zero attached hydrogens (tertiary/aromatic N) is 2. The molecular weight excluding hydrogens is 242 g/mol. The highest BCUT2D eigenvalue weighted by molar-refractivity contribution is 5.61. The molecule has 0 amide bonds. The van der Waals surface area contributed by atoms with Gasteiger partial charge in [0.1, 0.15) is 5.69 Å². The van der Waals surface area contributed by atoms with Gasteiger partial charge in [0.05, 0.1) is 6.33 Å². The summed E-state index contributed by atoms with van der Waals surface area (Å²) in [5, 5.41) is 3.45. The van der Waals surface area contributed by atoms with E-state index >= 15 is 0 Å². The molecule has 6 nitrogen and oxygen atoms in total. The summed E-state index contributed by atoms with van der Waals surface area (Å²) >= 11 is 0. The highest BCUT2D eigenvalue weighted by Gasteiger charge is 2.25. The van der Waals surface area contributed by atoms with Gasteiger partial charge in [0.2, 0.25) is 0 Å². The normalized spacial score (nSPS) is 19.9. The number of rotatable bonds is 4. The molecule has 1 fully saturated rings. The monoisotopic (exact) mass is 265 g/mol. The van der Waals surface area contributed by atoms with Crippen LogP contribution in [0.25, 0.3) is 0 Å². The summed E-state index contributed by atoms with van der Waals surface area (Å²) in [4.78, 5) is 20.5. The quantitative estimate of drug-likeness (QED) is 0.746.